The molecule has 1 fully saturated rings. The van der Waals surface area contributed by atoms with Crippen LogP contribution in [0, 0.1) is 0 Å². The standard InChI is InChI=1S/C12H15F3N4O/c1-16-11(20)9-6-8(12(13,14)15)7-18-10(9)19-4-2-17-3-5-19/h6-7,17H,2-5H2,1H3,(H,16,20). The second kappa shape index (κ2) is 5.66. The molecule has 0 unspecified atom stereocenters. The van der Waals surface area contributed by atoms with Gasteiger partial charge in [-0.3, -0.25) is 4.79 Å². The van der Waals surface area contributed by atoms with Gasteiger partial charge in [-0.25, -0.2) is 4.98 Å². The van der Waals surface area contributed by atoms with Crippen molar-refractivity contribution >= 4 is 11.7 Å². The summed E-state index contributed by atoms with van der Waals surface area (Å²) in [6.07, 6.45) is -3.75. The van der Waals surface area contributed by atoms with E-state index < -0.39 is 17.6 Å². The van der Waals surface area contributed by atoms with E-state index in [0.29, 0.717) is 32.0 Å². The van der Waals surface area contributed by atoms with Crippen molar-refractivity contribution in [3.8, 4) is 0 Å². The number of nitrogens with one attached hydrogen (secondary N) is 2. The van der Waals surface area contributed by atoms with Crippen LogP contribution in [0.15, 0.2) is 12.3 Å². The molecule has 1 aliphatic heterocycles. The van der Waals surface area contributed by atoms with Gasteiger partial charge in [0.1, 0.15) is 5.82 Å². The summed E-state index contributed by atoms with van der Waals surface area (Å²) in [4.78, 5) is 17.5. The summed E-state index contributed by atoms with van der Waals surface area (Å²) < 4.78 is 38.1. The lowest BCUT2D eigenvalue weighted by Gasteiger charge is -2.29. The van der Waals surface area contributed by atoms with Crippen LogP contribution in [0.4, 0.5) is 19.0 Å². The topological polar surface area (TPSA) is 57.3 Å². The van der Waals surface area contributed by atoms with Gasteiger partial charge >= 0.3 is 6.18 Å². The normalized spacial score (nSPS) is 16.1. The molecule has 8 heteroatoms. The number of carbonyl (C=O) groups is 1. The molecule has 110 valence electrons. The van der Waals surface area contributed by atoms with Gasteiger partial charge in [-0.2, -0.15) is 13.2 Å². The third-order valence-corrected chi connectivity index (χ3v) is 3.08. The van der Waals surface area contributed by atoms with Gasteiger partial charge in [0.25, 0.3) is 5.91 Å². The molecule has 5 nitrogen and oxygen atoms in total. The largest absolute Gasteiger partial charge is 0.417 e. The van der Waals surface area contributed by atoms with Crippen LogP contribution in [0.25, 0.3) is 0 Å². The summed E-state index contributed by atoms with van der Waals surface area (Å²) in [5.74, 6) is -0.281. The highest BCUT2D eigenvalue weighted by Crippen LogP contribution is 2.31. The van der Waals surface area contributed by atoms with Crippen molar-refractivity contribution < 1.29 is 18.0 Å². The van der Waals surface area contributed by atoms with E-state index in [-0.39, 0.29) is 5.56 Å². The lowest BCUT2D eigenvalue weighted by atomic mass is 10.1. The van der Waals surface area contributed by atoms with Gasteiger partial charge in [0.15, 0.2) is 0 Å². The predicted molar refractivity (Wildman–Crippen MR) is 67.7 cm³/mol. The van der Waals surface area contributed by atoms with Crippen molar-refractivity contribution in [2.75, 3.05) is 38.1 Å². The second-order valence-electron chi connectivity index (χ2n) is 4.41. The third-order valence-electron chi connectivity index (χ3n) is 3.08. The SMILES string of the molecule is CNC(=O)c1cc(C(F)(F)F)cnc1N1CCNCC1. The van der Waals surface area contributed by atoms with Crippen LogP contribution in [0.3, 0.4) is 0 Å². The van der Waals surface area contributed by atoms with Crippen LogP contribution >= 0.6 is 0 Å². The quantitative estimate of drug-likeness (QED) is 0.848. The zero-order chi connectivity index (χ0) is 14.8. The Hall–Kier alpha value is -1.83. The van der Waals surface area contributed by atoms with Crippen LogP contribution in [0.5, 0.6) is 0 Å². The van der Waals surface area contributed by atoms with Crippen LogP contribution < -0.4 is 15.5 Å². The molecule has 0 saturated carbocycles. The van der Waals surface area contributed by atoms with Crippen molar-refractivity contribution in [3.05, 3.63) is 23.4 Å². The van der Waals surface area contributed by atoms with E-state index in [1.54, 1.807) is 4.90 Å². The number of pyridine rings is 1. The number of nitrogens with zero attached hydrogens (tertiary/aromatic N) is 2. The van der Waals surface area contributed by atoms with Crippen LogP contribution in [-0.4, -0.2) is 44.1 Å². The van der Waals surface area contributed by atoms with Gasteiger partial charge in [0.2, 0.25) is 0 Å². The molecular formula is C12H15F3N4O. The minimum atomic E-state index is -4.52. The minimum Gasteiger partial charge on any atom is -0.355 e. The number of hydrogen-bond donors (Lipinski definition) is 2. The molecule has 1 aromatic rings. The Morgan fingerprint density at radius 3 is 2.60 bits per heavy atom. The van der Waals surface area contributed by atoms with E-state index in [2.05, 4.69) is 15.6 Å². The van der Waals surface area contributed by atoms with Crippen LogP contribution in [0.2, 0.25) is 0 Å². The first-order chi connectivity index (χ1) is 9.43. The molecule has 1 aromatic heterocycles. The monoisotopic (exact) mass is 288 g/mol. The van der Waals surface area contributed by atoms with E-state index >= 15 is 0 Å². The average Bonchev–Trinajstić information content (AvgIpc) is 2.45. The Morgan fingerprint density at radius 2 is 2.05 bits per heavy atom. The first-order valence-electron chi connectivity index (χ1n) is 6.18. The fourth-order valence-corrected chi connectivity index (χ4v) is 2.04. The van der Waals surface area contributed by atoms with E-state index in [0.717, 1.165) is 12.3 Å². The van der Waals surface area contributed by atoms with Crippen molar-refractivity contribution in [1.29, 1.82) is 0 Å². The lowest BCUT2D eigenvalue weighted by Crippen LogP contribution is -2.44. The summed E-state index contributed by atoms with van der Waals surface area (Å²) >= 11 is 0. The second-order valence-corrected chi connectivity index (χ2v) is 4.41. The van der Waals surface area contributed by atoms with E-state index in [4.69, 9.17) is 0 Å². The molecule has 0 aliphatic carbocycles. The predicted octanol–water partition coefficient (Wildman–Crippen LogP) is 0.870. The number of carbonyl (C=O) groups excluding carboxylic acids is 1. The fourth-order valence-electron chi connectivity index (χ4n) is 2.04. The van der Waals surface area contributed by atoms with Crippen molar-refractivity contribution in [1.82, 2.24) is 15.6 Å². The summed E-state index contributed by atoms with van der Waals surface area (Å²) in [7, 11) is 1.38. The number of hydrogen-bond acceptors (Lipinski definition) is 4. The molecule has 1 aliphatic rings. The number of halogens is 3. The fraction of sp³-hybridized carbons (Fsp3) is 0.500. The Morgan fingerprint density at radius 1 is 1.40 bits per heavy atom. The first-order valence-corrected chi connectivity index (χ1v) is 6.18. The van der Waals surface area contributed by atoms with E-state index in [1.165, 1.54) is 7.05 Å². The summed E-state index contributed by atoms with van der Waals surface area (Å²) in [6, 6.07) is 0.850. The van der Waals surface area contributed by atoms with Gasteiger partial charge in [-0.15, -0.1) is 0 Å². The zero-order valence-corrected chi connectivity index (χ0v) is 10.9. The smallest absolute Gasteiger partial charge is 0.355 e. The molecule has 0 radical (unpaired) electrons. The van der Waals surface area contributed by atoms with Gasteiger partial charge in [-0.1, -0.05) is 0 Å². The minimum absolute atomic E-state index is 0.0516. The maximum atomic E-state index is 12.7. The van der Waals surface area contributed by atoms with Crippen molar-refractivity contribution in [2.45, 2.75) is 6.18 Å². The number of anilines is 1. The number of alkyl halides is 3. The molecule has 1 saturated heterocycles. The van der Waals surface area contributed by atoms with Crippen molar-refractivity contribution in [2.24, 2.45) is 0 Å². The molecule has 2 rings (SSSR count). The van der Waals surface area contributed by atoms with Crippen LogP contribution in [-0.2, 0) is 6.18 Å². The van der Waals surface area contributed by atoms with E-state index in [9.17, 15) is 18.0 Å². The molecule has 0 bridgehead atoms. The van der Waals surface area contributed by atoms with Crippen molar-refractivity contribution in [3.63, 3.8) is 0 Å². The van der Waals surface area contributed by atoms with Gasteiger partial charge in [-0.05, 0) is 6.07 Å². The highest BCUT2D eigenvalue weighted by Gasteiger charge is 2.33. The third kappa shape index (κ3) is 3.01. The van der Waals surface area contributed by atoms with Gasteiger partial charge in [0.05, 0.1) is 11.1 Å². The molecule has 2 N–H and O–H groups in total. The Bertz CT molecular complexity index is 498. The van der Waals surface area contributed by atoms with Gasteiger partial charge in [0, 0.05) is 39.4 Å². The molecular weight excluding hydrogens is 273 g/mol. The number of amides is 1. The molecule has 0 aromatic carbocycles. The van der Waals surface area contributed by atoms with Gasteiger partial charge < -0.3 is 15.5 Å². The Labute approximate surface area is 114 Å². The summed E-state index contributed by atoms with van der Waals surface area (Å²) in [6.45, 7) is 2.61. The molecule has 0 atom stereocenters. The zero-order valence-electron chi connectivity index (χ0n) is 10.9. The molecule has 0 spiro atoms. The molecule has 20 heavy (non-hydrogen) atoms. The van der Waals surface area contributed by atoms with E-state index in [1.807, 2.05) is 0 Å². The molecule has 2 heterocycles. The highest BCUT2D eigenvalue weighted by molar-refractivity contribution is 5.99. The number of aromatic nitrogens is 1. The summed E-state index contributed by atoms with van der Waals surface area (Å²) in [5, 5.41) is 5.48. The highest BCUT2D eigenvalue weighted by atomic mass is 19.4. The lowest BCUT2D eigenvalue weighted by molar-refractivity contribution is -0.137. The van der Waals surface area contributed by atoms with Crippen LogP contribution in [0.1, 0.15) is 15.9 Å². The number of rotatable bonds is 2. The number of piperazine rings is 1. The maximum Gasteiger partial charge on any atom is 0.417 e. The molecule has 1 amide bonds. The Balaban J connectivity index is 2.42. The first kappa shape index (κ1) is 14.6. The summed E-state index contributed by atoms with van der Waals surface area (Å²) in [5.41, 5.74) is -0.973. The average molecular weight is 288 g/mol. The Kier molecular flexibility index (Phi) is 4.12. The maximum absolute atomic E-state index is 12.7.